The normalized spacial score (nSPS) is 8.44. The second-order valence-electron chi connectivity index (χ2n) is 1.80. The molecule has 1 aromatic rings. The monoisotopic (exact) mass is 118 g/mol. The molecule has 0 amide bonds. The third kappa shape index (κ3) is 1.28. The fourth-order valence-electron chi connectivity index (χ4n) is 0.573. The minimum absolute atomic E-state index is 0.572. The van der Waals surface area contributed by atoms with Crippen LogP contribution in [0, 0.1) is 0 Å². The molecule has 0 aliphatic heterocycles. The largest absolute Gasteiger partial charge is 0.233 e. The van der Waals surface area contributed by atoms with Gasteiger partial charge < -0.3 is 0 Å². The van der Waals surface area contributed by atoms with Gasteiger partial charge in [0.25, 0.3) is 0 Å². The zero-order chi connectivity index (χ0) is 6.69. The Balaban J connectivity index is 3.51. The number of hydrogen-bond donors (Lipinski definition) is 0. The van der Waals surface area contributed by atoms with Crippen molar-refractivity contribution in [3.63, 3.8) is 0 Å². The summed E-state index contributed by atoms with van der Waals surface area (Å²) in [5.41, 5.74) is 0. The summed E-state index contributed by atoms with van der Waals surface area (Å²) in [5.74, 6) is 1.78. The van der Waals surface area contributed by atoms with Crippen LogP contribution in [0.2, 0.25) is 0 Å². The molecule has 0 saturated carbocycles. The third-order valence-electron chi connectivity index (χ3n) is 1.07. The highest BCUT2D eigenvalue weighted by atomic mass is 16.1. The fourth-order valence-corrected chi connectivity index (χ4v) is 0.573. The molecule has 0 spiro atoms. The van der Waals surface area contributed by atoms with Gasteiger partial charge in [-0.25, -0.2) is 4.79 Å². The Morgan fingerprint density at radius 1 is 1.22 bits per heavy atom. The molecule has 0 unspecified atom stereocenters. The Morgan fingerprint density at radius 2 is 1.78 bits per heavy atom. The van der Waals surface area contributed by atoms with Crippen LogP contribution in [0.15, 0.2) is 24.3 Å². The first kappa shape index (κ1) is 5.80. The second-order valence-corrected chi connectivity index (χ2v) is 1.80. The van der Waals surface area contributed by atoms with Crippen LogP contribution in [0.4, 0.5) is 0 Å². The number of carbonyl (C=O) groups excluding carboxylic acids is 1. The molecular formula is C8H6O. The SMILES string of the molecule is C=c1ccc(=C=O)cc1. The van der Waals surface area contributed by atoms with E-state index in [-0.39, 0.29) is 0 Å². The molecule has 0 heterocycles. The van der Waals surface area contributed by atoms with Crippen molar-refractivity contribution in [3.8, 4) is 0 Å². The van der Waals surface area contributed by atoms with E-state index >= 15 is 0 Å². The zero-order valence-corrected chi connectivity index (χ0v) is 4.92. The predicted octanol–water partition coefficient (Wildman–Crippen LogP) is -0.400. The van der Waals surface area contributed by atoms with Crippen LogP contribution >= 0.6 is 0 Å². The highest BCUT2D eigenvalue weighted by Gasteiger charge is 1.74. The van der Waals surface area contributed by atoms with E-state index in [1.165, 1.54) is 0 Å². The molecule has 0 aliphatic rings. The zero-order valence-electron chi connectivity index (χ0n) is 4.92. The van der Waals surface area contributed by atoms with E-state index in [0.29, 0.717) is 5.22 Å². The topological polar surface area (TPSA) is 17.1 Å². The van der Waals surface area contributed by atoms with Gasteiger partial charge in [0.2, 0.25) is 0 Å². The maximum atomic E-state index is 9.97. The molecule has 1 nitrogen and oxygen atoms in total. The van der Waals surface area contributed by atoms with Gasteiger partial charge in [-0.3, -0.25) is 0 Å². The number of rotatable bonds is 0. The van der Waals surface area contributed by atoms with Crippen molar-refractivity contribution in [1.82, 2.24) is 0 Å². The van der Waals surface area contributed by atoms with Gasteiger partial charge in [0.1, 0.15) is 5.94 Å². The highest BCUT2D eigenvalue weighted by Crippen LogP contribution is 1.62. The van der Waals surface area contributed by atoms with E-state index in [1.807, 2.05) is 0 Å². The number of benzene rings is 1. The van der Waals surface area contributed by atoms with Crippen LogP contribution < -0.4 is 10.4 Å². The Labute approximate surface area is 52.9 Å². The quantitative estimate of drug-likeness (QED) is 0.453. The Morgan fingerprint density at radius 3 is 2.22 bits per heavy atom. The molecule has 0 N–H and O–H groups in total. The maximum absolute atomic E-state index is 9.97. The summed E-state index contributed by atoms with van der Waals surface area (Å²) in [5, 5.41) is 1.48. The first-order valence-electron chi connectivity index (χ1n) is 2.63. The summed E-state index contributed by atoms with van der Waals surface area (Å²) in [6, 6.07) is 6.94. The highest BCUT2D eigenvalue weighted by molar-refractivity contribution is 5.45. The molecule has 0 bridgehead atoms. The second kappa shape index (κ2) is 2.29. The smallest absolute Gasteiger partial charge is 0.132 e. The van der Waals surface area contributed by atoms with E-state index in [0.717, 1.165) is 5.22 Å². The Kier molecular flexibility index (Phi) is 1.48. The van der Waals surface area contributed by atoms with Gasteiger partial charge in [0.05, 0.1) is 5.22 Å². The summed E-state index contributed by atoms with van der Waals surface area (Å²) >= 11 is 0. The lowest BCUT2D eigenvalue weighted by Crippen LogP contribution is -2.05. The lowest BCUT2D eigenvalue weighted by molar-refractivity contribution is 0.567. The first-order chi connectivity index (χ1) is 4.33. The fraction of sp³-hybridized carbons (Fsp3) is 0. The lowest BCUT2D eigenvalue weighted by Gasteiger charge is -1.77. The van der Waals surface area contributed by atoms with Crippen LogP contribution in [0.3, 0.4) is 0 Å². The van der Waals surface area contributed by atoms with Crippen LogP contribution in [0.1, 0.15) is 0 Å². The minimum Gasteiger partial charge on any atom is -0.233 e. The van der Waals surface area contributed by atoms with Crippen LogP contribution in [-0.2, 0) is 4.79 Å². The van der Waals surface area contributed by atoms with Crippen LogP contribution in [0.5, 0.6) is 0 Å². The molecule has 0 atom stereocenters. The van der Waals surface area contributed by atoms with Gasteiger partial charge in [-0.2, -0.15) is 0 Å². The molecule has 9 heavy (non-hydrogen) atoms. The van der Waals surface area contributed by atoms with E-state index in [1.54, 1.807) is 30.2 Å². The average Bonchev–Trinajstić information content (AvgIpc) is 1.90. The summed E-state index contributed by atoms with van der Waals surface area (Å²) in [6.45, 7) is 3.67. The molecule has 0 fully saturated rings. The molecule has 1 rings (SSSR count). The van der Waals surface area contributed by atoms with Crippen molar-refractivity contribution in [3.05, 3.63) is 34.7 Å². The van der Waals surface area contributed by atoms with Gasteiger partial charge in [0, 0.05) is 0 Å². The third-order valence-corrected chi connectivity index (χ3v) is 1.07. The van der Waals surface area contributed by atoms with Crippen molar-refractivity contribution in [1.29, 1.82) is 0 Å². The molecule has 0 aliphatic carbocycles. The molecule has 0 aromatic heterocycles. The van der Waals surface area contributed by atoms with Gasteiger partial charge in [0.15, 0.2) is 0 Å². The predicted molar refractivity (Wildman–Crippen MR) is 36.0 cm³/mol. The molecule has 0 radical (unpaired) electrons. The van der Waals surface area contributed by atoms with E-state index in [4.69, 9.17) is 0 Å². The van der Waals surface area contributed by atoms with E-state index < -0.39 is 0 Å². The molecule has 44 valence electrons. The van der Waals surface area contributed by atoms with Crippen molar-refractivity contribution in [2.24, 2.45) is 0 Å². The maximum Gasteiger partial charge on any atom is 0.132 e. The van der Waals surface area contributed by atoms with E-state index in [2.05, 4.69) is 6.58 Å². The average molecular weight is 118 g/mol. The van der Waals surface area contributed by atoms with Gasteiger partial charge in [-0.15, -0.1) is 0 Å². The number of hydrogen-bond acceptors (Lipinski definition) is 1. The van der Waals surface area contributed by atoms with Crippen molar-refractivity contribution >= 4 is 12.5 Å². The molecule has 0 saturated heterocycles. The standard InChI is InChI=1S/C8H6O/c1-7-2-4-8(6-9)5-3-7/h2-5H,1H2. The van der Waals surface area contributed by atoms with Gasteiger partial charge in [-0.05, 0) is 17.4 Å². The van der Waals surface area contributed by atoms with Gasteiger partial charge in [-0.1, -0.05) is 18.7 Å². The van der Waals surface area contributed by atoms with E-state index in [9.17, 15) is 4.79 Å². The summed E-state index contributed by atoms with van der Waals surface area (Å²) in [4.78, 5) is 9.97. The summed E-state index contributed by atoms with van der Waals surface area (Å²) < 4.78 is 0. The summed E-state index contributed by atoms with van der Waals surface area (Å²) in [7, 11) is 0. The van der Waals surface area contributed by atoms with Crippen molar-refractivity contribution in [2.45, 2.75) is 0 Å². The lowest BCUT2D eigenvalue weighted by atomic mass is 10.3. The molecule has 1 heteroatoms. The Bertz CT molecular complexity index is 297. The molecular weight excluding hydrogens is 112 g/mol. The van der Waals surface area contributed by atoms with Crippen LogP contribution in [0.25, 0.3) is 6.58 Å². The molecule has 1 aromatic carbocycles. The first-order valence-corrected chi connectivity index (χ1v) is 2.63. The van der Waals surface area contributed by atoms with Gasteiger partial charge >= 0.3 is 0 Å². The summed E-state index contributed by atoms with van der Waals surface area (Å²) in [6.07, 6.45) is 0. The van der Waals surface area contributed by atoms with Crippen molar-refractivity contribution in [2.75, 3.05) is 0 Å². The van der Waals surface area contributed by atoms with Crippen LogP contribution in [-0.4, -0.2) is 5.94 Å². The minimum atomic E-state index is 0.572. The Hall–Kier alpha value is -1.33. The van der Waals surface area contributed by atoms with Crippen molar-refractivity contribution < 1.29 is 4.79 Å².